The lowest BCUT2D eigenvalue weighted by atomic mass is 10.0. The second-order valence-corrected chi connectivity index (χ2v) is 7.26. The van der Waals surface area contributed by atoms with Gasteiger partial charge < -0.3 is 0 Å². The van der Waals surface area contributed by atoms with Crippen molar-refractivity contribution in [1.29, 1.82) is 0 Å². The predicted octanol–water partition coefficient (Wildman–Crippen LogP) is 5.94. The van der Waals surface area contributed by atoms with E-state index in [0.29, 0.717) is 32.9 Å². The maximum Gasteiger partial charge on any atom is 0.416 e. The molecule has 0 saturated carbocycles. The van der Waals surface area contributed by atoms with Gasteiger partial charge in [-0.3, -0.25) is 10.1 Å². The topological polar surface area (TPSA) is 54.9 Å². The first-order valence-electron chi connectivity index (χ1n) is 8.62. The van der Waals surface area contributed by atoms with Crippen LogP contribution in [-0.4, -0.2) is 15.9 Å². The highest BCUT2D eigenvalue weighted by molar-refractivity contribution is 7.13. The van der Waals surface area contributed by atoms with Crippen molar-refractivity contribution in [3.05, 3.63) is 76.8 Å². The summed E-state index contributed by atoms with van der Waals surface area (Å²) in [4.78, 5) is 21.4. The lowest BCUT2D eigenvalue weighted by Crippen LogP contribution is -2.12. The molecule has 4 rings (SSSR count). The van der Waals surface area contributed by atoms with E-state index in [9.17, 15) is 18.0 Å². The van der Waals surface area contributed by atoms with Crippen LogP contribution in [0.1, 0.15) is 21.6 Å². The molecule has 0 atom stereocenters. The molecule has 2 aromatic heterocycles. The van der Waals surface area contributed by atoms with Crippen molar-refractivity contribution in [2.45, 2.75) is 13.1 Å². The zero-order chi connectivity index (χ0) is 20.6. The fourth-order valence-corrected chi connectivity index (χ4v) is 3.60. The molecule has 2 aromatic carbocycles. The summed E-state index contributed by atoms with van der Waals surface area (Å²) in [7, 11) is 0. The highest BCUT2D eigenvalue weighted by atomic mass is 32.1. The van der Waals surface area contributed by atoms with Crippen LogP contribution in [0.25, 0.3) is 22.2 Å². The summed E-state index contributed by atoms with van der Waals surface area (Å²) in [6.45, 7) is 1.83. The van der Waals surface area contributed by atoms with Crippen LogP contribution in [0.5, 0.6) is 0 Å². The van der Waals surface area contributed by atoms with Gasteiger partial charge in [-0.15, -0.1) is 11.3 Å². The zero-order valence-electron chi connectivity index (χ0n) is 15.1. The molecule has 29 heavy (non-hydrogen) atoms. The van der Waals surface area contributed by atoms with Crippen molar-refractivity contribution in [2.24, 2.45) is 0 Å². The summed E-state index contributed by atoms with van der Waals surface area (Å²) in [6, 6.07) is 13.5. The number of pyridine rings is 1. The first kappa shape index (κ1) is 19.1. The Morgan fingerprint density at radius 3 is 2.55 bits per heavy atom. The van der Waals surface area contributed by atoms with Gasteiger partial charge in [0.05, 0.1) is 28.0 Å². The van der Waals surface area contributed by atoms with Crippen molar-refractivity contribution >= 4 is 33.3 Å². The molecule has 4 aromatic rings. The SMILES string of the molecule is Cc1csc(NC(=O)c2cccc3ccc(-c4cccc(C(F)(F)F)c4)nc23)n1. The Balaban J connectivity index is 1.76. The van der Waals surface area contributed by atoms with E-state index >= 15 is 0 Å². The Kier molecular flexibility index (Phi) is 4.79. The minimum Gasteiger partial charge on any atom is -0.298 e. The van der Waals surface area contributed by atoms with Crippen molar-refractivity contribution in [2.75, 3.05) is 5.32 Å². The first-order chi connectivity index (χ1) is 13.8. The Bertz CT molecular complexity index is 1220. The zero-order valence-corrected chi connectivity index (χ0v) is 15.9. The number of aromatic nitrogens is 2. The maximum absolute atomic E-state index is 13.0. The van der Waals surface area contributed by atoms with E-state index in [-0.39, 0.29) is 5.91 Å². The lowest BCUT2D eigenvalue weighted by molar-refractivity contribution is -0.137. The van der Waals surface area contributed by atoms with Crippen LogP contribution >= 0.6 is 11.3 Å². The molecule has 0 fully saturated rings. The predicted molar refractivity (Wildman–Crippen MR) is 107 cm³/mol. The van der Waals surface area contributed by atoms with Crippen molar-refractivity contribution in [3.8, 4) is 11.3 Å². The minimum atomic E-state index is -4.44. The van der Waals surface area contributed by atoms with E-state index in [1.807, 2.05) is 12.3 Å². The van der Waals surface area contributed by atoms with Crippen LogP contribution in [0.2, 0.25) is 0 Å². The molecule has 0 unspecified atom stereocenters. The van der Waals surface area contributed by atoms with Crippen LogP contribution in [-0.2, 0) is 6.18 Å². The Morgan fingerprint density at radius 1 is 1.03 bits per heavy atom. The van der Waals surface area contributed by atoms with E-state index in [1.54, 1.807) is 36.4 Å². The third-order valence-electron chi connectivity index (χ3n) is 4.29. The second-order valence-electron chi connectivity index (χ2n) is 6.40. The lowest BCUT2D eigenvalue weighted by Gasteiger charge is -2.10. The summed E-state index contributed by atoms with van der Waals surface area (Å²) in [5.74, 6) is -0.376. The number of anilines is 1. The minimum absolute atomic E-state index is 0.323. The molecule has 1 amide bonds. The maximum atomic E-state index is 13.0. The normalized spacial score (nSPS) is 11.6. The monoisotopic (exact) mass is 413 g/mol. The molecule has 0 saturated heterocycles. The standard InChI is InChI=1S/C21H14F3N3OS/c1-12-11-29-20(25-12)27-19(28)16-7-3-4-13-8-9-17(26-18(13)16)14-5-2-6-15(10-14)21(22,23)24/h2-11H,1H3,(H,25,27,28). The van der Waals surface area contributed by atoms with E-state index in [1.165, 1.54) is 17.4 Å². The first-order valence-corrected chi connectivity index (χ1v) is 9.50. The van der Waals surface area contributed by atoms with E-state index in [0.717, 1.165) is 17.8 Å². The van der Waals surface area contributed by atoms with Crippen molar-refractivity contribution in [3.63, 3.8) is 0 Å². The van der Waals surface area contributed by atoms with Crippen LogP contribution in [0.4, 0.5) is 18.3 Å². The average molecular weight is 413 g/mol. The van der Waals surface area contributed by atoms with Gasteiger partial charge in [-0.05, 0) is 31.2 Å². The molecule has 0 aliphatic carbocycles. The fourth-order valence-electron chi connectivity index (χ4n) is 2.92. The number of carbonyl (C=O) groups excluding carboxylic acids is 1. The highest BCUT2D eigenvalue weighted by Crippen LogP contribution is 2.32. The quantitative estimate of drug-likeness (QED) is 0.452. The number of aryl methyl sites for hydroxylation is 1. The number of hydrogen-bond donors (Lipinski definition) is 1. The van der Waals surface area contributed by atoms with Gasteiger partial charge in [0.2, 0.25) is 0 Å². The Morgan fingerprint density at radius 2 is 1.83 bits per heavy atom. The molecule has 2 heterocycles. The molecule has 8 heteroatoms. The van der Waals surface area contributed by atoms with E-state index < -0.39 is 11.7 Å². The molecule has 0 bridgehead atoms. The number of thiazole rings is 1. The van der Waals surface area contributed by atoms with Gasteiger partial charge >= 0.3 is 6.18 Å². The van der Waals surface area contributed by atoms with Gasteiger partial charge in [0.15, 0.2) is 5.13 Å². The Hall–Kier alpha value is -3.26. The van der Waals surface area contributed by atoms with Gasteiger partial charge in [0.1, 0.15) is 0 Å². The molecule has 0 radical (unpaired) electrons. The number of fused-ring (bicyclic) bond motifs is 1. The molecular formula is C21H14F3N3OS. The van der Waals surface area contributed by atoms with Crippen LogP contribution in [0.3, 0.4) is 0 Å². The molecule has 146 valence electrons. The summed E-state index contributed by atoms with van der Waals surface area (Å²) >= 11 is 1.31. The molecule has 1 N–H and O–H groups in total. The molecule has 0 aliphatic rings. The smallest absolute Gasteiger partial charge is 0.298 e. The summed E-state index contributed by atoms with van der Waals surface area (Å²) < 4.78 is 39.1. The van der Waals surface area contributed by atoms with Crippen LogP contribution in [0, 0.1) is 6.92 Å². The van der Waals surface area contributed by atoms with Gasteiger partial charge in [-0.1, -0.05) is 30.3 Å². The largest absolute Gasteiger partial charge is 0.416 e. The molecule has 0 aliphatic heterocycles. The van der Waals surface area contributed by atoms with Crippen LogP contribution in [0.15, 0.2) is 60.0 Å². The van der Waals surface area contributed by atoms with E-state index in [2.05, 4.69) is 15.3 Å². The number of rotatable bonds is 3. The number of para-hydroxylation sites is 1. The van der Waals surface area contributed by atoms with Gasteiger partial charge in [-0.2, -0.15) is 13.2 Å². The highest BCUT2D eigenvalue weighted by Gasteiger charge is 2.30. The van der Waals surface area contributed by atoms with E-state index in [4.69, 9.17) is 0 Å². The summed E-state index contributed by atoms with van der Waals surface area (Å²) in [6.07, 6.45) is -4.44. The number of hydrogen-bond acceptors (Lipinski definition) is 4. The Labute approximate surface area is 168 Å². The van der Waals surface area contributed by atoms with Gasteiger partial charge in [0.25, 0.3) is 5.91 Å². The number of benzene rings is 2. The number of alkyl halides is 3. The number of nitrogens with one attached hydrogen (secondary N) is 1. The third kappa shape index (κ3) is 3.97. The fraction of sp³-hybridized carbons (Fsp3) is 0.0952. The molecule has 0 spiro atoms. The molecular weight excluding hydrogens is 399 g/mol. The molecule has 4 nitrogen and oxygen atoms in total. The van der Waals surface area contributed by atoms with Gasteiger partial charge in [-0.25, -0.2) is 9.97 Å². The second kappa shape index (κ2) is 7.29. The number of halogens is 3. The summed E-state index contributed by atoms with van der Waals surface area (Å²) in [5, 5.41) is 5.74. The van der Waals surface area contributed by atoms with Crippen molar-refractivity contribution in [1.82, 2.24) is 9.97 Å². The number of carbonyl (C=O) groups is 1. The number of nitrogens with zero attached hydrogens (tertiary/aromatic N) is 2. The average Bonchev–Trinajstić information content (AvgIpc) is 3.11. The third-order valence-corrected chi connectivity index (χ3v) is 5.17. The number of amides is 1. The summed E-state index contributed by atoms with van der Waals surface area (Å²) in [5.41, 5.74) is 1.47. The van der Waals surface area contributed by atoms with Crippen molar-refractivity contribution < 1.29 is 18.0 Å². The van der Waals surface area contributed by atoms with Crippen LogP contribution < -0.4 is 5.32 Å². The van der Waals surface area contributed by atoms with Gasteiger partial charge in [0, 0.05) is 16.3 Å².